The Hall–Kier alpha value is -2.09. The molecule has 0 N–H and O–H groups in total. The molecule has 4 aromatic carbocycles. The maximum Gasteiger partial charge on any atom is 0.151 e. The van der Waals surface area contributed by atoms with Gasteiger partial charge in [0.1, 0.15) is 12.7 Å². The Morgan fingerprint density at radius 3 is 2.56 bits per heavy atom. The Kier molecular flexibility index (Phi) is 4.84. The first-order valence-electron chi connectivity index (χ1n) is 8.86. The maximum absolute atomic E-state index is 3.70. The first-order chi connectivity index (χ1) is 12.7. The smallest absolute Gasteiger partial charge is 0.151 e. The number of fused-ring (bicyclic) bond motifs is 4. The van der Waals surface area contributed by atoms with Crippen LogP contribution >= 0.6 is 0 Å². The van der Waals surface area contributed by atoms with E-state index in [0.717, 1.165) is 22.0 Å². The topological polar surface area (TPSA) is 3.88 Å². The van der Waals surface area contributed by atoms with E-state index in [2.05, 4.69) is 91.5 Å². The van der Waals surface area contributed by atoms with Gasteiger partial charge in [0.15, 0.2) is 6.20 Å². The molecule has 0 fully saturated rings. The minimum atomic E-state index is 0. The van der Waals surface area contributed by atoms with E-state index in [1.165, 1.54) is 27.1 Å². The van der Waals surface area contributed by atoms with Gasteiger partial charge in [-0.15, -0.1) is 53.4 Å². The Bertz CT molecular complexity index is 1300. The summed E-state index contributed by atoms with van der Waals surface area (Å²) < 4.78 is 2.17. The third-order valence-corrected chi connectivity index (χ3v) is 5.18. The largest absolute Gasteiger partial charge is 0.243 e. The summed E-state index contributed by atoms with van der Waals surface area (Å²) in [4.78, 5) is 0. The van der Waals surface area contributed by atoms with E-state index in [9.17, 15) is 0 Å². The molecule has 0 aliphatic heterocycles. The normalized spacial score (nSPS) is 11.0. The van der Waals surface area contributed by atoms with Crippen molar-refractivity contribution < 1.29 is 37.3 Å². The number of benzene rings is 4. The third kappa shape index (κ3) is 3.00. The molecule has 1 heterocycles. The molecular formula is C25H18NY-. The molecule has 5 rings (SSSR count). The Morgan fingerprint density at radius 1 is 0.852 bits per heavy atom. The molecule has 1 aromatic heterocycles. The van der Waals surface area contributed by atoms with Gasteiger partial charge in [0.05, 0.1) is 0 Å². The summed E-state index contributed by atoms with van der Waals surface area (Å²) in [5.41, 5.74) is 3.54. The summed E-state index contributed by atoms with van der Waals surface area (Å²) in [6, 6.07) is 30.6. The second-order valence-electron chi connectivity index (χ2n) is 6.85. The molecule has 0 amide bonds. The van der Waals surface area contributed by atoms with E-state index >= 15 is 0 Å². The molecule has 0 saturated carbocycles. The summed E-state index contributed by atoms with van der Waals surface area (Å²) in [5, 5.41) is 7.30. The Balaban J connectivity index is 0.00000180. The van der Waals surface area contributed by atoms with Crippen molar-refractivity contribution in [3.63, 3.8) is 0 Å². The van der Waals surface area contributed by atoms with Crippen molar-refractivity contribution in [3.05, 3.63) is 90.6 Å². The van der Waals surface area contributed by atoms with Crippen molar-refractivity contribution in [1.29, 1.82) is 0 Å². The molecule has 0 saturated heterocycles. The van der Waals surface area contributed by atoms with Crippen LogP contribution in [-0.4, -0.2) is 0 Å². The van der Waals surface area contributed by atoms with Gasteiger partial charge in [0.25, 0.3) is 0 Å². The number of pyridine rings is 1. The summed E-state index contributed by atoms with van der Waals surface area (Å²) >= 11 is 0. The van der Waals surface area contributed by atoms with E-state index in [0.29, 0.717) is 0 Å². The van der Waals surface area contributed by atoms with E-state index in [1.807, 2.05) is 12.1 Å². The van der Waals surface area contributed by atoms with Crippen LogP contribution in [0.4, 0.5) is 0 Å². The van der Waals surface area contributed by atoms with E-state index in [-0.39, 0.29) is 32.7 Å². The fourth-order valence-electron chi connectivity index (χ4n) is 3.87. The van der Waals surface area contributed by atoms with Gasteiger partial charge < -0.3 is 0 Å². The van der Waals surface area contributed by atoms with Crippen LogP contribution in [0.3, 0.4) is 0 Å². The predicted molar refractivity (Wildman–Crippen MR) is 108 cm³/mol. The van der Waals surface area contributed by atoms with Crippen molar-refractivity contribution >= 4 is 32.3 Å². The van der Waals surface area contributed by atoms with Gasteiger partial charge in [-0.05, 0) is 16.8 Å². The molecule has 27 heavy (non-hydrogen) atoms. The average molecular weight is 421 g/mol. The van der Waals surface area contributed by atoms with Crippen molar-refractivity contribution in [2.75, 3.05) is 0 Å². The number of hydrogen-bond acceptors (Lipinski definition) is 0. The van der Waals surface area contributed by atoms with Crippen LogP contribution in [0.2, 0.25) is 0 Å². The molecule has 0 aliphatic rings. The van der Waals surface area contributed by atoms with E-state index in [1.54, 1.807) is 0 Å². The number of nitrogens with zero attached hydrogens (tertiary/aromatic N) is 1. The molecule has 0 spiro atoms. The van der Waals surface area contributed by atoms with Crippen molar-refractivity contribution in [2.24, 2.45) is 7.05 Å². The van der Waals surface area contributed by atoms with Gasteiger partial charge in [-0.25, -0.2) is 4.57 Å². The number of rotatable bonds is 1. The van der Waals surface area contributed by atoms with Gasteiger partial charge in [0, 0.05) is 32.7 Å². The molecule has 5 aromatic rings. The Labute approximate surface area is 184 Å². The average Bonchev–Trinajstić information content (AvgIpc) is 2.68. The summed E-state index contributed by atoms with van der Waals surface area (Å²) in [6.45, 7) is 2.18. The van der Waals surface area contributed by atoms with Crippen LogP contribution in [0.25, 0.3) is 43.6 Å². The van der Waals surface area contributed by atoms with Crippen molar-refractivity contribution in [3.8, 4) is 11.3 Å². The fraction of sp³-hybridized carbons (Fsp3) is 0.0800. The third-order valence-electron chi connectivity index (χ3n) is 5.18. The molecule has 127 valence electrons. The minimum absolute atomic E-state index is 0. The van der Waals surface area contributed by atoms with Gasteiger partial charge in [-0.2, -0.15) is 0 Å². The SMILES string of the molecule is Cc1cc2c([c-]c1-c1c3[c-]cccc3cc[n+]1C)ccc1ccccc12.[Y]. The van der Waals surface area contributed by atoms with Crippen LogP contribution in [0.1, 0.15) is 5.56 Å². The van der Waals surface area contributed by atoms with Gasteiger partial charge >= 0.3 is 0 Å². The molecular weight excluding hydrogens is 403 g/mol. The van der Waals surface area contributed by atoms with Gasteiger partial charge in [0.2, 0.25) is 0 Å². The predicted octanol–water partition coefficient (Wildman–Crippen LogP) is 5.54. The van der Waals surface area contributed by atoms with Crippen LogP contribution in [0.15, 0.2) is 72.9 Å². The quantitative estimate of drug-likeness (QED) is 0.190. The first kappa shape index (κ1) is 18.3. The standard InChI is InChI=1S/C25H18N.Y/c1-17-15-24-20(12-11-18-7-3-5-9-21(18)24)16-23(17)25-22-10-6-4-8-19(22)13-14-26(25)2;/h3-9,11-15H,1-2H3;/q-1;. The van der Waals surface area contributed by atoms with Crippen LogP contribution in [-0.2, 0) is 39.8 Å². The van der Waals surface area contributed by atoms with Crippen LogP contribution in [0, 0.1) is 19.1 Å². The zero-order valence-electron chi connectivity index (χ0n) is 15.5. The zero-order chi connectivity index (χ0) is 17.7. The molecule has 0 unspecified atom stereocenters. The summed E-state index contributed by atoms with van der Waals surface area (Å²) in [6.07, 6.45) is 2.11. The molecule has 1 radical (unpaired) electrons. The maximum atomic E-state index is 3.70. The number of aryl methyl sites for hydroxylation is 2. The first-order valence-corrected chi connectivity index (χ1v) is 8.86. The second-order valence-corrected chi connectivity index (χ2v) is 6.85. The summed E-state index contributed by atoms with van der Waals surface area (Å²) in [7, 11) is 2.09. The van der Waals surface area contributed by atoms with E-state index in [4.69, 9.17) is 0 Å². The Morgan fingerprint density at radius 2 is 1.67 bits per heavy atom. The molecule has 0 aliphatic carbocycles. The number of hydrogen-bond donors (Lipinski definition) is 0. The van der Waals surface area contributed by atoms with Crippen LogP contribution in [0.5, 0.6) is 0 Å². The van der Waals surface area contributed by atoms with Crippen LogP contribution < -0.4 is 4.57 Å². The molecule has 2 heteroatoms. The molecule has 0 atom stereocenters. The second kappa shape index (κ2) is 7.15. The molecule has 1 nitrogen and oxygen atoms in total. The minimum Gasteiger partial charge on any atom is -0.243 e. The van der Waals surface area contributed by atoms with Gasteiger partial charge in [-0.3, -0.25) is 0 Å². The summed E-state index contributed by atoms with van der Waals surface area (Å²) in [5.74, 6) is 0. The zero-order valence-corrected chi connectivity index (χ0v) is 18.3. The fourth-order valence-corrected chi connectivity index (χ4v) is 3.87. The molecule has 0 bridgehead atoms. The number of aromatic nitrogens is 1. The monoisotopic (exact) mass is 421 g/mol. The van der Waals surface area contributed by atoms with Crippen molar-refractivity contribution in [1.82, 2.24) is 0 Å². The van der Waals surface area contributed by atoms with Crippen molar-refractivity contribution in [2.45, 2.75) is 6.92 Å². The van der Waals surface area contributed by atoms with Gasteiger partial charge in [-0.1, -0.05) is 59.0 Å². The van der Waals surface area contributed by atoms with E-state index < -0.39 is 0 Å².